The Bertz CT molecular complexity index is 921. The molecule has 0 N–H and O–H groups in total. The molecular formula is C22H26N2O. The van der Waals surface area contributed by atoms with Gasteiger partial charge >= 0.3 is 0 Å². The van der Waals surface area contributed by atoms with Gasteiger partial charge in [-0.25, -0.2) is 0 Å². The second-order valence-corrected chi connectivity index (χ2v) is 7.11. The quantitative estimate of drug-likeness (QED) is 0.674. The predicted molar refractivity (Wildman–Crippen MR) is 105 cm³/mol. The van der Waals surface area contributed by atoms with Gasteiger partial charge in [-0.1, -0.05) is 30.3 Å². The molecule has 25 heavy (non-hydrogen) atoms. The largest absolute Gasteiger partial charge is 0.350 e. The fourth-order valence-electron chi connectivity index (χ4n) is 3.49. The van der Waals surface area contributed by atoms with Crippen LogP contribution in [0.15, 0.2) is 48.7 Å². The van der Waals surface area contributed by atoms with Crippen LogP contribution in [0.3, 0.4) is 0 Å². The lowest BCUT2D eigenvalue weighted by atomic mass is 10.1. The van der Waals surface area contributed by atoms with Crippen molar-refractivity contribution in [2.24, 2.45) is 7.05 Å². The fourth-order valence-corrected chi connectivity index (χ4v) is 3.49. The molecule has 0 saturated heterocycles. The van der Waals surface area contributed by atoms with E-state index in [0.717, 1.165) is 27.7 Å². The number of carbonyl (C=O) groups excluding carboxylic acids is 1. The van der Waals surface area contributed by atoms with E-state index in [2.05, 4.69) is 68.8 Å². The first-order chi connectivity index (χ1) is 11.9. The molecule has 0 bridgehead atoms. The second-order valence-electron chi connectivity index (χ2n) is 7.11. The Labute approximate surface area is 149 Å². The average molecular weight is 334 g/mol. The van der Waals surface area contributed by atoms with Crippen molar-refractivity contribution in [3.8, 4) is 0 Å². The third-order valence-electron chi connectivity index (χ3n) is 4.73. The lowest BCUT2D eigenvalue weighted by Crippen LogP contribution is -2.38. The van der Waals surface area contributed by atoms with E-state index in [1.54, 1.807) is 0 Å². The van der Waals surface area contributed by atoms with Crippen molar-refractivity contribution >= 4 is 22.5 Å². The molecule has 0 saturated carbocycles. The number of hydrogen-bond acceptors (Lipinski definition) is 1. The minimum Gasteiger partial charge on any atom is -0.350 e. The number of amides is 1. The van der Waals surface area contributed by atoms with Crippen LogP contribution in [0, 0.1) is 13.8 Å². The van der Waals surface area contributed by atoms with Crippen LogP contribution >= 0.6 is 0 Å². The summed E-state index contributed by atoms with van der Waals surface area (Å²) < 4.78 is 2.09. The van der Waals surface area contributed by atoms with E-state index in [0.29, 0.717) is 6.42 Å². The van der Waals surface area contributed by atoms with Crippen molar-refractivity contribution in [3.05, 3.63) is 65.4 Å². The van der Waals surface area contributed by atoms with Crippen LogP contribution in [0.25, 0.3) is 10.9 Å². The highest BCUT2D eigenvalue weighted by molar-refractivity contribution is 5.98. The maximum Gasteiger partial charge on any atom is 0.231 e. The van der Waals surface area contributed by atoms with Crippen LogP contribution in [0.5, 0.6) is 0 Å². The standard InChI is InChI=1S/C22H26N2O/c1-15(2)24(21-12-16(3)10-11-17(21)4)22(25)13-18-14-23(5)20-9-7-6-8-19(18)20/h6-12,14-15H,13H2,1-5H3. The van der Waals surface area contributed by atoms with Gasteiger partial charge in [-0.3, -0.25) is 4.79 Å². The van der Waals surface area contributed by atoms with Gasteiger partial charge in [0.1, 0.15) is 0 Å². The summed E-state index contributed by atoms with van der Waals surface area (Å²) in [6.45, 7) is 8.28. The third kappa shape index (κ3) is 3.32. The van der Waals surface area contributed by atoms with Gasteiger partial charge in [0.2, 0.25) is 5.91 Å². The van der Waals surface area contributed by atoms with E-state index in [1.165, 1.54) is 5.56 Å². The van der Waals surface area contributed by atoms with Gasteiger partial charge in [0, 0.05) is 35.9 Å². The van der Waals surface area contributed by atoms with Crippen molar-refractivity contribution in [2.45, 2.75) is 40.2 Å². The first-order valence-corrected chi connectivity index (χ1v) is 8.80. The van der Waals surface area contributed by atoms with E-state index < -0.39 is 0 Å². The number of aromatic nitrogens is 1. The molecule has 130 valence electrons. The molecule has 0 fully saturated rings. The number of benzene rings is 2. The van der Waals surface area contributed by atoms with Gasteiger partial charge in [-0.05, 0) is 56.5 Å². The number of para-hydroxylation sites is 1. The summed E-state index contributed by atoms with van der Waals surface area (Å²) in [7, 11) is 2.03. The number of fused-ring (bicyclic) bond motifs is 1. The zero-order valence-electron chi connectivity index (χ0n) is 15.7. The zero-order chi connectivity index (χ0) is 18.1. The number of nitrogens with zero attached hydrogens (tertiary/aromatic N) is 2. The Hall–Kier alpha value is -2.55. The Morgan fingerprint density at radius 3 is 2.56 bits per heavy atom. The lowest BCUT2D eigenvalue weighted by Gasteiger charge is -2.29. The van der Waals surface area contributed by atoms with E-state index in [4.69, 9.17) is 0 Å². The molecule has 1 aromatic heterocycles. The molecule has 3 heteroatoms. The van der Waals surface area contributed by atoms with Crippen molar-refractivity contribution in [2.75, 3.05) is 4.90 Å². The minimum atomic E-state index is 0.114. The monoisotopic (exact) mass is 334 g/mol. The summed E-state index contributed by atoms with van der Waals surface area (Å²) >= 11 is 0. The molecule has 0 aliphatic rings. The summed E-state index contributed by atoms with van der Waals surface area (Å²) in [6.07, 6.45) is 2.48. The van der Waals surface area contributed by atoms with Gasteiger partial charge in [-0.15, -0.1) is 0 Å². The molecule has 3 nitrogen and oxygen atoms in total. The lowest BCUT2D eigenvalue weighted by molar-refractivity contribution is -0.118. The fraction of sp³-hybridized carbons (Fsp3) is 0.318. The number of rotatable bonds is 4. The molecule has 2 aromatic carbocycles. The summed E-state index contributed by atoms with van der Waals surface area (Å²) in [5, 5.41) is 1.16. The Balaban J connectivity index is 1.97. The van der Waals surface area contributed by atoms with Gasteiger partial charge < -0.3 is 9.47 Å². The molecule has 0 aliphatic heterocycles. The highest BCUT2D eigenvalue weighted by atomic mass is 16.2. The van der Waals surface area contributed by atoms with Crippen molar-refractivity contribution in [1.29, 1.82) is 0 Å². The highest BCUT2D eigenvalue weighted by Gasteiger charge is 2.22. The summed E-state index contributed by atoms with van der Waals surface area (Å²) in [5.74, 6) is 0.139. The maximum absolute atomic E-state index is 13.2. The highest BCUT2D eigenvalue weighted by Crippen LogP contribution is 2.26. The number of anilines is 1. The van der Waals surface area contributed by atoms with Crippen LogP contribution in [0.2, 0.25) is 0 Å². The van der Waals surface area contributed by atoms with Gasteiger partial charge in [0.25, 0.3) is 0 Å². The molecule has 3 rings (SSSR count). The van der Waals surface area contributed by atoms with E-state index in [-0.39, 0.29) is 11.9 Å². The minimum absolute atomic E-state index is 0.114. The summed E-state index contributed by atoms with van der Waals surface area (Å²) in [5.41, 5.74) is 5.56. The Morgan fingerprint density at radius 1 is 1.12 bits per heavy atom. The second kappa shape index (κ2) is 6.75. The van der Waals surface area contributed by atoms with Gasteiger partial charge in [-0.2, -0.15) is 0 Å². The van der Waals surface area contributed by atoms with Crippen LogP contribution in [-0.4, -0.2) is 16.5 Å². The van der Waals surface area contributed by atoms with Crippen LogP contribution < -0.4 is 4.90 Å². The normalized spacial score (nSPS) is 11.3. The smallest absolute Gasteiger partial charge is 0.231 e. The molecule has 0 spiro atoms. The molecular weight excluding hydrogens is 308 g/mol. The molecule has 1 amide bonds. The maximum atomic E-state index is 13.2. The Kier molecular flexibility index (Phi) is 4.67. The summed E-state index contributed by atoms with van der Waals surface area (Å²) in [6, 6.07) is 14.6. The molecule has 0 radical (unpaired) electrons. The predicted octanol–water partition coefficient (Wildman–Crippen LogP) is 4.78. The molecule has 0 unspecified atom stereocenters. The van der Waals surface area contributed by atoms with Crippen LogP contribution in [0.1, 0.15) is 30.5 Å². The molecule has 0 aliphatic carbocycles. The van der Waals surface area contributed by atoms with Crippen molar-refractivity contribution in [1.82, 2.24) is 4.57 Å². The van der Waals surface area contributed by atoms with E-state index in [1.807, 2.05) is 24.1 Å². The zero-order valence-corrected chi connectivity index (χ0v) is 15.7. The van der Waals surface area contributed by atoms with Crippen LogP contribution in [-0.2, 0) is 18.3 Å². The van der Waals surface area contributed by atoms with Crippen molar-refractivity contribution < 1.29 is 4.79 Å². The van der Waals surface area contributed by atoms with E-state index in [9.17, 15) is 4.79 Å². The number of carbonyl (C=O) groups is 1. The van der Waals surface area contributed by atoms with Gasteiger partial charge in [0.05, 0.1) is 6.42 Å². The third-order valence-corrected chi connectivity index (χ3v) is 4.73. The van der Waals surface area contributed by atoms with Crippen molar-refractivity contribution in [3.63, 3.8) is 0 Å². The average Bonchev–Trinajstić information content (AvgIpc) is 2.87. The summed E-state index contributed by atoms with van der Waals surface area (Å²) in [4.78, 5) is 15.1. The Morgan fingerprint density at radius 2 is 1.84 bits per heavy atom. The number of hydrogen-bond donors (Lipinski definition) is 0. The first-order valence-electron chi connectivity index (χ1n) is 8.80. The van der Waals surface area contributed by atoms with Crippen LogP contribution in [0.4, 0.5) is 5.69 Å². The number of aryl methyl sites for hydroxylation is 3. The SMILES string of the molecule is Cc1ccc(C)c(N(C(=O)Cc2cn(C)c3ccccc23)C(C)C)c1. The molecule has 0 atom stereocenters. The topological polar surface area (TPSA) is 25.2 Å². The first kappa shape index (κ1) is 17.3. The van der Waals surface area contributed by atoms with E-state index >= 15 is 0 Å². The van der Waals surface area contributed by atoms with Gasteiger partial charge in [0.15, 0.2) is 0 Å². The molecule has 1 heterocycles. The molecule has 3 aromatic rings.